The zero-order valence-electron chi connectivity index (χ0n) is 16.4. The maximum absolute atomic E-state index is 12.4. The highest BCUT2D eigenvalue weighted by atomic mass is 16.5. The molecule has 30 heavy (non-hydrogen) atoms. The second-order valence-corrected chi connectivity index (χ2v) is 6.65. The van der Waals surface area contributed by atoms with Crippen LogP contribution in [0.1, 0.15) is 32.0 Å². The van der Waals surface area contributed by atoms with E-state index < -0.39 is 11.9 Å². The number of aromatic nitrogens is 5. The van der Waals surface area contributed by atoms with Gasteiger partial charge >= 0.3 is 5.97 Å². The molecule has 0 aliphatic rings. The minimum atomic E-state index is -0.508. The summed E-state index contributed by atoms with van der Waals surface area (Å²) < 4.78 is 4.97. The summed E-state index contributed by atoms with van der Waals surface area (Å²) in [5, 5.41) is 13.4. The number of pyridine rings is 1. The second-order valence-electron chi connectivity index (χ2n) is 6.65. The highest BCUT2D eigenvalue weighted by Crippen LogP contribution is 2.24. The van der Waals surface area contributed by atoms with Crippen LogP contribution in [0.25, 0.3) is 22.3 Å². The third kappa shape index (κ3) is 3.48. The Labute approximate surface area is 171 Å². The number of rotatable bonds is 5. The lowest BCUT2D eigenvalue weighted by Gasteiger charge is -2.12. The summed E-state index contributed by atoms with van der Waals surface area (Å²) in [5.74, 6) is -0.600. The third-order valence-corrected chi connectivity index (χ3v) is 4.79. The van der Waals surface area contributed by atoms with Crippen molar-refractivity contribution in [2.45, 2.75) is 13.5 Å². The number of carbonyl (C=O) groups is 2. The molecule has 0 unspecified atom stereocenters. The normalized spacial score (nSPS) is 10.9. The predicted molar refractivity (Wildman–Crippen MR) is 109 cm³/mol. The van der Waals surface area contributed by atoms with E-state index in [0.29, 0.717) is 28.2 Å². The molecule has 9 heteroatoms. The molecule has 0 fully saturated rings. The molecule has 0 bridgehead atoms. The van der Waals surface area contributed by atoms with Crippen LogP contribution in [-0.4, -0.2) is 44.2 Å². The first-order valence-electron chi connectivity index (χ1n) is 9.12. The number of hydrogen-bond donors (Lipinski definition) is 1. The molecule has 2 aromatic carbocycles. The molecule has 0 atom stereocenters. The van der Waals surface area contributed by atoms with Gasteiger partial charge in [-0.15, -0.1) is 10.2 Å². The summed E-state index contributed by atoms with van der Waals surface area (Å²) >= 11 is 0. The Morgan fingerprint density at radius 3 is 2.53 bits per heavy atom. The fraction of sp³-hybridized carbons (Fsp3) is 0.143. The Morgan fingerprint density at radius 2 is 1.83 bits per heavy atom. The van der Waals surface area contributed by atoms with Crippen molar-refractivity contribution < 1.29 is 14.3 Å². The number of hydrogen-bond acceptors (Lipinski definition) is 7. The molecule has 0 saturated carbocycles. The molecule has 9 nitrogen and oxygen atoms in total. The molecule has 0 aliphatic heterocycles. The van der Waals surface area contributed by atoms with Crippen molar-refractivity contribution in [2.24, 2.45) is 5.73 Å². The van der Waals surface area contributed by atoms with Crippen molar-refractivity contribution in [3.8, 4) is 11.4 Å². The van der Waals surface area contributed by atoms with Crippen LogP contribution >= 0.6 is 0 Å². The molecule has 4 aromatic rings. The average Bonchev–Trinajstić information content (AvgIpc) is 3.22. The van der Waals surface area contributed by atoms with Gasteiger partial charge in [-0.25, -0.2) is 9.78 Å². The van der Waals surface area contributed by atoms with Crippen LogP contribution in [-0.2, 0) is 11.3 Å². The lowest BCUT2D eigenvalue weighted by atomic mass is 10.0. The predicted octanol–water partition coefficient (Wildman–Crippen LogP) is 2.13. The van der Waals surface area contributed by atoms with Crippen LogP contribution in [0.3, 0.4) is 0 Å². The standard InChI is InChI=1S/C21H18N6O3/c1-12-15-5-3-4-6-16(15)23-17(18(12)21(29)30-2)11-27-25-20(24-26-27)14-9-7-13(8-10-14)19(22)28/h3-10H,11H2,1-2H3,(H2,22,28). The minimum Gasteiger partial charge on any atom is -0.465 e. The number of amides is 1. The monoisotopic (exact) mass is 402 g/mol. The van der Waals surface area contributed by atoms with Crippen LogP contribution in [0.4, 0.5) is 0 Å². The largest absolute Gasteiger partial charge is 0.465 e. The fourth-order valence-corrected chi connectivity index (χ4v) is 3.27. The van der Waals surface area contributed by atoms with Gasteiger partial charge in [0, 0.05) is 16.5 Å². The summed E-state index contributed by atoms with van der Waals surface area (Å²) in [6, 6.07) is 14.2. The summed E-state index contributed by atoms with van der Waals surface area (Å²) in [6.07, 6.45) is 0. The molecular formula is C21H18N6O3. The van der Waals surface area contributed by atoms with Crippen LogP contribution in [0.15, 0.2) is 48.5 Å². The number of aryl methyl sites for hydroxylation is 1. The Morgan fingerprint density at radius 1 is 1.10 bits per heavy atom. The number of methoxy groups -OCH3 is 1. The van der Waals surface area contributed by atoms with Crippen LogP contribution in [0.2, 0.25) is 0 Å². The van der Waals surface area contributed by atoms with E-state index in [-0.39, 0.29) is 6.54 Å². The fourth-order valence-electron chi connectivity index (χ4n) is 3.27. The van der Waals surface area contributed by atoms with E-state index in [1.807, 2.05) is 31.2 Å². The molecule has 2 heterocycles. The molecule has 0 spiro atoms. The number of nitrogens with two attached hydrogens (primary N) is 1. The lowest BCUT2D eigenvalue weighted by molar-refractivity contribution is 0.0598. The van der Waals surface area contributed by atoms with Crippen molar-refractivity contribution in [1.82, 2.24) is 25.2 Å². The number of fused-ring (bicyclic) bond motifs is 1. The number of primary amides is 1. The van der Waals surface area contributed by atoms with Gasteiger partial charge in [0.15, 0.2) is 0 Å². The molecule has 0 radical (unpaired) electrons. The van der Waals surface area contributed by atoms with Gasteiger partial charge in [0.2, 0.25) is 11.7 Å². The van der Waals surface area contributed by atoms with E-state index in [1.54, 1.807) is 24.3 Å². The Balaban J connectivity index is 1.71. The maximum atomic E-state index is 12.4. The quantitative estimate of drug-likeness (QED) is 0.507. The van der Waals surface area contributed by atoms with E-state index in [9.17, 15) is 9.59 Å². The summed E-state index contributed by atoms with van der Waals surface area (Å²) in [5.41, 5.74) is 8.77. The minimum absolute atomic E-state index is 0.141. The summed E-state index contributed by atoms with van der Waals surface area (Å²) in [4.78, 5) is 29.6. The highest BCUT2D eigenvalue weighted by molar-refractivity contribution is 5.98. The van der Waals surface area contributed by atoms with Crippen molar-refractivity contribution in [3.63, 3.8) is 0 Å². The molecule has 1 amide bonds. The first-order chi connectivity index (χ1) is 14.5. The SMILES string of the molecule is COC(=O)c1c(Cn2nnc(-c3ccc(C(N)=O)cc3)n2)nc2ccccc2c1C. The number of esters is 1. The Hall–Kier alpha value is -4.14. The first-order valence-corrected chi connectivity index (χ1v) is 9.12. The molecule has 0 aliphatic carbocycles. The maximum Gasteiger partial charge on any atom is 0.340 e. The van der Waals surface area contributed by atoms with E-state index in [2.05, 4.69) is 20.4 Å². The van der Waals surface area contributed by atoms with Crippen LogP contribution < -0.4 is 5.73 Å². The Kier molecular flexibility index (Phi) is 4.93. The van der Waals surface area contributed by atoms with Gasteiger partial charge in [-0.3, -0.25) is 4.79 Å². The number of para-hydroxylation sites is 1. The van der Waals surface area contributed by atoms with E-state index in [1.165, 1.54) is 11.9 Å². The van der Waals surface area contributed by atoms with Gasteiger partial charge in [0.1, 0.15) is 6.54 Å². The van der Waals surface area contributed by atoms with Crippen molar-refractivity contribution in [3.05, 3.63) is 70.9 Å². The number of nitrogens with zero attached hydrogens (tertiary/aromatic N) is 5. The zero-order valence-corrected chi connectivity index (χ0v) is 16.4. The van der Waals surface area contributed by atoms with Crippen LogP contribution in [0, 0.1) is 6.92 Å². The highest BCUT2D eigenvalue weighted by Gasteiger charge is 2.20. The van der Waals surface area contributed by atoms with Crippen molar-refractivity contribution in [1.29, 1.82) is 0 Å². The van der Waals surface area contributed by atoms with Crippen molar-refractivity contribution >= 4 is 22.8 Å². The molecular weight excluding hydrogens is 384 g/mol. The lowest BCUT2D eigenvalue weighted by Crippen LogP contribution is -2.15. The number of ether oxygens (including phenoxy) is 1. The number of carbonyl (C=O) groups excluding carboxylic acids is 2. The van der Waals surface area contributed by atoms with Gasteiger partial charge in [0.05, 0.1) is 23.9 Å². The van der Waals surface area contributed by atoms with Crippen molar-refractivity contribution in [2.75, 3.05) is 7.11 Å². The van der Waals surface area contributed by atoms with E-state index in [4.69, 9.17) is 10.5 Å². The molecule has 150 valence electrons. The van der Waals surface area contributed by atoms with Gasteiger partial charge in [-0.1, -0.05) is 30.3 Å². The van der Waals surface area contributed by atoms with E-state index in [0.717, 1.165) is 16.5 Å². The average molecular weight is 402 g/mol. The van der Waals surface area contributed by atoms with Gasteiger partial charge in [-0.05, 0) is 35.9 Å². The van der Waals surface area contributed by atoms with Crippen LogP contribution in [0.5, 0.6) is 0 Å². The van der Waals surface area contributed by atoms with Gasteiger partial charge < -0.3 is 10.5 Å². The molecule has 4 rings (SSSR count). The summed E-state index contributed by atoms with van der Waals surface area (Å²) in [7, 11) is 1.34. The number of tetrazole rings is 1. The summed E-state index contributed by atoms with van der Waals surface area (Å²) in [6.45, 7) is 2.00. The van der Waals surface area contributed by atoms with Gasteiger partial charge in [0.25, 0.3) is 0 Å². The second kappa shape index (κ2) is 7.70. The number of benzene rings is 2. The van der Waals surface area contributed by atoms with Gasteiger partial charge in [-0.2, -0.15) is 4.80 Å². The van der Waals surface area contributed by atoms with E-state index >= 15 is 0 Å². The smallest absolute Gasteiger partial charge is 0.340 e. The zero-order chi connectivity index (χ0) is 21.3. The molecule has 2 N–H and O–H groups in total. The first kappa shape index (κ1) is 19.2. The molecule has 2 aromatic heterocycles. The topological polar surface area (TPSA) is 126 Å². The Bertz CT molecular complexity index is 1260. The molecule has 0 saturated heterocycles. The third-order valence-electron chi connectivity index (χ3n) is 4.79.